The van der Waals surface area contributed by atoms with E-state index in [-0.39, 0.29) is 18.8 Å². The van der Waals surface area contributed by atoms with E-state index in [1.165, 1.54) is 90.4 Å². The van der Waals surface area contributed by atoms with Gasteiger partial charge in [-0.15, -0.1) is 0 Å². The van der Waals surface area contributed by atoms with Crippen LogP contribution in [0.5, 0.6) is 0 Å². The molecule has 0 aliphatic rings. The van der Waals surface area contributed by atoms with Crippen LogP contribution in [0.25, 0.3) is 0 Å². The van der Waals surface area contributed by atoms with Gasteiger partial charge >= 0.3 is 13.8 Å². The number of carbonyl (C=O) groups is 1. The zero-order chi connectivity index (χ0) is 24.8. The molecule has 0 aromatic carbocycles. The van der Waals surface area contributed by atoms with E-state index in [0.29, 0.717) is 6.42 Å². The van der Waals surface area contributed by atoms with Crippen LogP contribution in [0.15, 0.2) is 12.2 Å². The minimum Gasteiger partial charge on any atom is -0.460 e. The summed E-state index contributed by atoms with van der Waals surface area (Å²) in [6.45, 7) is 6.49. The Balaban J connectivity index is 3.45. The molecule has 7 nitrogen and oxygen atoms in total. The zero-order valence-corrected chi connectivity index (χ0v) is 22.0. The average molecular weight is 493 g/mol. The van der Waals surface area contributed by atoms with Gasteiger partial charge in [0.15, 0.2) is 0 Å². The topological polar surface area (TPSA) is 102 Å². The smallest absolute Gasteiger partial charge is 0.460 e. The van der Waals surface area contributed by atoms with Gasteiger partial charge in [0, 0.05) is 5.57 Å². The van der Waals surface area contributed by atoms with Gasteiger partial charge in [0.05, 0.1) is 13.2 Å². The van der Waals surface area contributed by atoms with E-state index in [4.69, 9.17) is 13.8 Å². The van der Waals surface area contributed by atoms with Crippen molar-refractivity contribution >= 4 is 13.8 Å². The monoisotopic (exact) mass is 492 g/mol. The lowest BCUT2D eigenvalue weighted by atomic mass is 10.0. The Hall–Kier alpha value is -0.720. The van der Waals surface area contributed by atoms with Crippen LogP contribution < -0.4 is 0 Å². The maximum absolute atomic E-state index is 11.8. The second kappa shape index (κ2) is 21.8. The van der Waals surface area contributed by atoms with Gasteiger partial charge in [-0.1, -0.05) is 110 Å². The van der Waals surface area contributed by atoms with Crippen molar-refractivity contribution in [2.24, 2.45) is 0 Å². The maximum Gasteiger partial charge on any atom is 0.472 e. The molecule has 0 aromatic heterocycles. The molecule has 0 aliphatic carbocycles. The first-order chi connectivity index (χ1) is 15.8. The normalized spacial score (nSPS) is 14.1. The van der Waals surface area contributed by atoms with Gasteiger partial charge in [0.1, 0.15) is 12.7 Å². The molecule has 0 heterocycles. The molecular formula is C25H49O7P. The van der Waals surface area contributed by atoms with Crippen LogP contribution in [-0.4, -0.2) is 41.9 Å². The summed E-state index contributed by atoms with van der Waals surface area (Å²) in [5, 5.41) is 9.64. The minimum absolute atomic E-state index is 0.132. The number of hydrogen-bond acceptors (Lipinski definition) is 6. The second-order valence-electron chi connectivity index (χ2n) is 8.93. The number of phosphoric acid groups is 1. The van der Waals surface area contributed by atoms with E-state index in [1.807, 2.05) is 0 Å². The maximum atomic E-state index is 11.8. The summed E-state index contributed by atoms with van der Waals surface area (Å²) in [6.07, 6.45) is 18.9. The molecule has 0 saturated heterocycles. The lowest BCUT2D eigenvalue weighted by molar-refractivity contribution is -0.142. The quantitative estimate of drug-likeness (QED) is 0.0656. The van der Waals surface area contributed by atoms with Gasteiger partial charge in [0.25, 0.3) is 0 Å². The van der Waals surface area contributed by atoms with Crippen LogP contribution in [-0.2, 0) is 23.1 Å². The summed E-state index contributed by atoms with van der Waals surface area (Å²) in [5.74, 6) is -0.638. The molecule has 0 radical (unpaired) electrons. The van der Waals surface area contributed by atoms with E-state index in [2.05, 4.69) is 13.5 Å². The third-order valence-corrected chi connectivity index (χ3v) is 6.42. The van der Waals surface area contributed by atoms with Gasteiger partial charge in [-0.25, -0.2) is 9.36 Å². The molecule has 0 spiro atoms. The Labute approximate surface area is 201 Å². The number of aliphatic hydroxyl groups is 1. The lowest BCUT2D eigenvalue weighted by Crippen LogP contribution is -2.23. The second-order valence-corrected chi connectivity index (χ2v) is 10.4. The molecule has 0 saturated carbocycles. The van der Waals surface area contributed by atoms with E-state index < -0.39 is 26.5 Å². The molecular weight excluding hydrogens is 443 g/mol. The van der Waals surface area contributed by atoms with Crippen LogP contribution in [0, 0.1) is 0 Å². The van der Waals surface area contributed by atoms with Crippen LogP contribution in [0.4, 0.5) is 0 Å². The molecule has 2 atom stereocenters. The number of esters is 1. The molecule has 0 amide bonds. The van der Waals surface area contributed by atoms with E-state index in [0.717, 1.165) is 12.8 Å². The van der Waals surface area contributed by atoms with Crippen LogP contribution in [0.3, 0.4) is 0 Å². The number of ether oxygens (including phenoxy) is 1. The number of rotatable bonds is 24. The van der Waals surface area contributed by atoms with E-state index in [1.54, 1.807) is 0 Å². The highest BCUT2D eigenvalue weighted by Gasteiger charge is 2.23. The largest absolute Gasteiger partial charge is 0.472 e. The highest BCUT2D eigenvalue weighted by Crippen LogP contribution is 2.43. The summed E-state index contributed by atoms with van der Waals surface area (Å²) >= 11 is 0. The minimum atomic E-state index is -4.22. The zero-order valence-electron chi connectivity index (χ0n) is 21.1. The van der Waals surface area contributed by atoms with Crippen molar-refractivity contribution in [3.63, 3.8) is 0 Å². The molecule has 8 heteroatoms. The third kappa shape index (κ3) is 22.8. The third-order valence-electron chi connectivity index (χ3n) is 5.44. The Kier molecular flexibility index (Phi) is 21.3. The Morgan fingerprint density at radius 2 is 1.21 bits per heavy atom. The first-order valence-corrected chi connectivity index (χ1v) is 14.4. The van der Waals surface area contributed by atoms with Gasteiger partial charge < -0.3 is 14.7 Å². The summed E-state index contributed by atoms with van der Waals surface area (Å²) in [4.78, 5) is 20.9. The molecule has 0 aromatic rings. The standard InChI is InChI=1S/C25H49O7P/c1-4-5-6-7-8-9-10-11-12-13-14-15-16-17-18-19-20-31-33(28,29)32-22-24(26)21-30-25(27)23(2)3/h24,26H,2,4-22H2,1,3H3,(H,28,29). The number of carbonyl (C=O) groups excluding carboxylic acids is 1. The Morgan fingerprint density at radius 3 is 1.64 bits per heavy atom. The molecule has 0 fully saturated rings. The predicted molar refractivity (Wildman–Crippen MR) is 133 cm³/mol. The van der Waals surface area contributed by atoms with Crippen molar-refractivity contribution in [3.8, 4) is 0 Å². The van der Waals surface area contributed by atoms with Crippen LogP contribution in [0.1, 0.15) is 117 Å². The number of hydrogen-bond donors (Lipinski definition) is 2. The molecule has 0 rings (SSSR count). The summed E-state index contributed by atoms with van der Waals surface area (Å²) in [6, 6.07) is 0. The molecule has 0 aliphatic heterocycles. The van der Waals surface area contributed by atoms with Crippen molar-refractivity contribution in [1.29, 1.82) is 0 Å². The molecule has 0 bridgehead atoms. The first-order valence-electron chi connectivity index (χ1n) is 12.9. The van der Waals surface area contributed by atoms with Crippen LogP contribution in [0.2, 0.25) is 0 Å². The van der Waals surface area contributed by atoms with Crippen molar-refractivity contribution in [3.05, 3.63) is 12.2 Å². The predicted octanol–water partition coefficient (Wildman–Crippen LogP) is 6.86. The molecule has 2 N–H and O–H groups in total. The van der Waals surface area contributed by atoms with Gasteiger partial charge in [0.2, 0.25) is 0 Å². The van der Waals surface area contributed by atoms with Gasteiger partial charge in [-0.2, -0.15) is 0 Å². The molecule has 196 valence electrons. The van der Waals surface area contributed by atoms with Gasteiger partial charge in [-0.3, -0.25) is 9.05 Å². The Bertz CT molecular complexity index is 539. The first kappa shape index (κ1) is 32.3. The van der Waals surface area contributed by atoms with E-state index in [9.17, 15) is 19.4 Å². The van der Waals surface area contributed by atoms with Gasteiger partial charge in [-0.05, 0) is 13.3 Å². The fourth-order valence-electron chi connectivity index (χ4n) is 3.39. The van der Waals surface area contributed by atoms with Crippen molar-refractivity contribution < 1.29 is 33.1 Å². The highest BCUT2D eigenvalue weighted by atomic mass is 31.2. The molecule has 33 heavy (non-hydrogen) atoms. The number of unbranched alkanes of at least 4 members (excludes halogenated alkanes) is 15. The summed E-state index contributed by atoms with van der Waals surface area (Å²) in [7, 11) is -4.22. The van der Waals surface area contributed by atoms with E-state index >= 15 is 0 Å². The fourth-order valence-corrected chi connectivity index (χ4v) is 4.19. The van der Waals surface area contributed by atoms with Crippen molar-refractivity contribution in [1.82, 2.24) is 0 Å². The SMILES string of the molecule is C=C(C)C(=O)OCC(O)COP(=O)(O)OCCCCCCCCCCCCCCCCCC. The van der Waals surface area contributed by atoms with Crippen molar-refractivity contribution in [2.75, 3.05) is 19.8 Å². The number of phosphoric ester groups is 1. The highest BCUT2D eigenvalue weighted by molar-refractivity contribution is 7.47. The Morgan fingerprint density at radius 1 is 0.788 bits per heavy atom. The summed E-state index contributed by atoms with van der Waals surface area (Å²) in [5.41, 5.74) is 0.207. The summed E-state index contributed by atoms with van der Waals surface area (Å²) < 4.78 is 26.2. The van der Waals surface area contributed by atoms with Crippen molar-refractivity contribution in [2.45, 2.75) is 123 Å². The molecule has 2 unspecified atom stereocenters. The lowest BCUT2D eigenvalue weighted by Gasteiger charge is -2.15. The number of aliphatic hydroxyl groups excluding tert-OH is 1. The fraction of sp³-hybridized carbons (Fsp3) is 0.880. The van der Waals surface area contributed by atoms with Crippen LogP contribution >= 0.6 is 7.82 Å². The average Bonchev–Trinajstić information content (AvgIpc) is 2.78.